The maximum atomic E-state index is 13.5. The van der Waals surface area contributed by atoms with Crippen molar-refractivity contribution in [2.45, 2.75) is 0 Å². The van der Waals surface area contributed by atoms with Gasteiger partial charge in [-0.15, -0.1) is 0 Å². The molecule has 0 bridgehead atoms. The van der Waals surface area contributed by atoms with Crippen molar-refractivity contribution in [1.29, 1.82) is 0 Å². The zero-order valence-corrected chi connectivity index (χ0v) is 13.1. The Bertz CT molecular complexity index is 1050. The molecule has 4 aromatic rings. The summed E-state index contributed by atoms with van der Waals surface area (Å²) in [7, 11) is 0. The highest BCUT2D eigenvalue weighted by molar-refractivity contribution is 5.92. The van der Waals surface area contributed by atoms with E-state index in [4.69, 9.17) is 0 Å². The summed E-state index contributed by atoms with van der Waals surface area (Å²) in [5, 5.41) is 3.87. The molecule has 3 nitrogen and oxygen atoms in total. The molecule has 0 spiro atoms. The lowest BCUT2D eigenvalue weighted by atomic mass is 10.2. The van der Waals surface area contributed by atoms with Crippen molar-refractivity contribution in [3.8, 4) is 11.4 Å². The molecule has 0 saturated carbocycles. The normalized spacial score (nSPS) is 10.8. The molecule has 3 aromatic carbocycles. The highest BCUT2D eigenvalue weighted by Crippen LogP contribution is 2.27. The van der Waals surface area contributed by atoms with Gasteiger partial charge >= 0.3 is 0 Å². The molecule has 0 unspecified atom stereocenters. The molecular formula is C20H13F2N3. The van der Waals surface area contributed by atoms with Gasteiger partial charge in [0.1, 0.15) is 5.82 Å². The van der Waals surface area contributed by atoms with Gasteiger partial charge in [0.15, 0.2) is 17.5 Å². The fourth-order valence-corrected chi connectivity index (χ4v) is 2.60. The van der Waals surface area contributed by atoms with Crippen molar-refractivity contribution >= 4 is 22.4 Å². The van der Waals surface area contributed by atoms with Crippen molar-refractivity contribution in [2.75, 3.05) is 5.32 Å². The largest absolute Gasteiger partial charge is 0.340 e. The number of aromatic nitrogens is 2. The van der Waals surface area contributed by atoms with Gasteiger partial charge in [0.2, 0.25) is 0 Å². The van der Waals surface area contributed by atoms with Crippen LogP contribution in [0, 0.1) is 11.6 Å². The molecule has 4 rings (SSSR count). The van der Waals surface area contributed by atoms with Crippen LogP contribution in [0.4, 0.5) is 20.3 Å². The maximum absolute atomic E-state index is 13.5. The van der Waals surface area contributed by atoms with Crippen LogP contribution in [0.15, 0.2) is 72.8 Å². The van der Waals surface area contributed by atoms with Crippen molar-refractivity contribution in [2.24, 2.45) is 0 Å². The molecule has 122 valence electrons. The highest BCUT2D eigenvalue weighted by Gasteiger charge is 2.10. The number of hydrogen-bond acceptors (Lipinski definition) is 3. The third kappa shape index (κ3) is 3.04. The molecule has 25 heavy (non-hydrogen) atoms. The monoisotopic (exact) mass is 333 g/mol. The quantitative estimate of drug-likeness (QED) is 0.551. The van der Waals surface area contributed by atoms with Gasteiger partial charge in [0.05, 0.1) is 5.52 Å². The highest BCUT2D eigenvalue weighted by atomic mass is 19.2. The van der Waals surface area contributed by atoms with Crippen LogP contribution in [-0.4, -0.2) is 9.97 Å². The predicted molar refractivity (Wildman–Crippen MR) is 94.6 cm³/mol. The summed E-state index contributed by atoms with van der Waals surface area (Å²) in [5.74, 6) is -0.699. The minimum absolute atomic E-state index is 0.418. The van der Waals surface area contributed by atoms with E-state index in [1.165, 1.54) is 6.07 Å². The molecule has 1 heterocycles. The van der Waals surface area contributed by atoms with Gasteiger partial charge in [-0.1, -0.05) is 42.5 Å². The smallest absolute Gasteiger partial charge is 0.162 e. The van der Waals surface area contributed by atoms with Crippen LogP contribution >= 0.6 is 0 Å². The Morgan fingerprint density at radius 2 is 1.48 bits per heavy atom. The minimum Gasteiger partial charge on any atom is -0.340 e. The second-order valence-electron chi connectivity index (χ2n) is 5.53. The molecule has 0 atom stereocenters. The Morgan fingerprint density at radius 3 is 2.28 bits per heavy atom. The summed E-state index contributed by atoms with van der Waals surface area (Å²) < 4.78 is 26.6. The first kappa shape index (κ1) is 15.2. The average Bonchev–Trinajstić information content (AvgIpc) is 2.65. The maximum Gasteiger partial charge on any atom is 0.162 e. The topological polar surface area (TPSA) is 37.8 Å². The SMILES string of the molecule is Fc1ccc(Nc2nc(-c3ccccc3)nc3ccccc23)cc1F. The third-order valence-electron chi connectivity index (χ3n) is 3.82. The van der Waals surface area contributed by atoms with Crippen LogP contribution in [0.3, 0.4) is 0 Å². The van der Waals surface area contributed by atoms with Crippen molar-refractivity contribution in [3.05, 3.63) is 84.4 Å². The average molecular weight is 333 g/mol. The van der Waals surface area contributed by atoms with Gasteiger partial charge < -0.3 is 5.32 Å². The van der Waals surface area contributed by atoms with Gasteiger partial charge in [0.25, 0.3) is 0 Å². The number of nitrogens with one attached hydrogen (secondary N) is 1. The summed E-state index contributed by atoms with van der Waals surface area (Å²) in [4.78, 5) is 9.17. The van der Waals surface area contributed by atoms with E-state index in [0.717, 1.165) is 28.6 Å². The Kier molecular flexibility index (Phi) is 3.82. The molecule has 0 saturated heterocycles. The number of benzene rings is 3. The van der Waals surface area contributed by atoms with Gasteiger partial charge in [-0.2, -0.15) is 0 Å². The summed E-state index contributed by atoms with van der Waals surface area (Å²) in [6, 6.07) is 20.8. The molecule has 0 aliphatic rings. The number of anilines is 2. The fourth-order valence-electron chi connectivity index (χ4n) is 2.60. The summed E-state index contributed by atoms with van der Waals surface area (Å²) in [5.41, 5.74) is 2.06. The number of rotatable bonds is 3. The van der Waals surface area contributed by atoms with E-state index < -0.39 is 11.6 Å². The number of fused-ring (bicyclic) bond motifs is 1. The molecule has 1 N–H and O–H groups in total. The zero-order valence-electron chi connectivity index (χ0n) is 13.1. The second kappa shape index (κ2) is 6.28. The number of hydrogen-bond donors (Lipinski definition) is 1. The molecule has 0 fully saturated rings. The van der Waals surface area contributed by atoms with Gasteiger partial charge in [-0.25, -0.2) is 18.7 Å². The van der Waals surface area contributed by atoms with Crippen molar-refractivity contribution in [1.82, 2.24) is 9.97 Å². The number of nitrogens with zero attached hydrogens (tertiary/aromatic N) is 2. The van der Waals surface area contributed by atoms with Crippen LogP contribution in [-0.2, 0) is 0 Å². The van der Waals surface area contributed by atoms with Gasteiger partial charge in [-0.05, 0) is 24.3 Å². The Balaban J connectivity index is 1.85. The standard InChI is InChI=1S/C20H13F2N3/c21-16-11-10-14(12-17(16)22)23-20-15-8-4-5-9-18(15)24-19(25-20)13-6-2-1-3-7-13/h1-12H,(H,23,24,25). The summed E-state index contributed by atoms with van der Waals surface area (Å²) in [6.45, 7) is 0. The lowest BCUT2D eigenvalue weighted by molar-refractivity contribution is 0.509. The second-order valence-corrected chi connectivity index (χ2v) is 5.53. The zero-order chi connectivity index (χ0) is 17.2. The van der Waals surface area contributed by atoms with Crippen LogP contribution in [0.25, 0.3) is 22.3 Å². The van der Waals surface area contributed by atoms with E-state index in [2.05, 4.69) is 15.3 Å². The molecule has 5 heteroatoms. The predicted octanol–water partition coefficient (Wildman–Crippen LogP) is 5.32. The fraction of sp³-hybridized carbons (Fsp3) is 0. The van der Waals surface area contributed by atoms with Crippen LogP contribution in [0.1, 0.15) is 0 Å². The molecular weight excluding hydrogens is 320 g/mol. The van der Waals surface area contributed by atoms with E-state index in [1.54, 1.807) is 0 Å². The van der Waals surface area contributed by atoms with Crippen LogP contribution in [0.5, 0.6) is 0 Å². The van der Waals surface area contributed by atoms with Gasteiger partial charge in [0, 0.05) is 22.7 Å². The van der Waals surface area contributed by atoms with Crippen molar-refractivity contribution in [3.63, 3.8) is 0 Å². The molecule has 0 amide bonds. The first-order valence-corrected chi connectivity index (χ1v) is 7.75. The first-order chi connectivity index (χ1) is 12.2. The van der Waals surface area contributed by atoms with Crippen LogP contribution < -0.4 is 5.32 Å². The first-order valence-electron chi connectivity index (χ1n) is 7.75. The number of para-hydroxylation sites is 1. The van der Waals surface area contributed by atoms with E-state index >= 15 is 0 Å². The van der Waals surface area contributed by atoms with Gasteiger partial charge in [-0.3, -0.25) is 0 Å². The molecule has 0 aliphatic carbocycles. The van der Waals surface area contributed by atoms with Crippen molar-refractivity contribution < 1.29 is 8.78 Å². The molecule has 1 aromatic heterocycles. The summed E-state index contributed by atoms with van der Waals surface area (Å²) >= 11 is 0. The van der Waals surface area contributed by atoms with E-state index in [0.29, 0.717) is 17.3 Å². The summed E-state index contributed by atoms with van der Waals surface area (Å²) in [6.07, 6.45) is 0. The van der Waals surface area contributed by atoms with E-state index in [1.807, 2.05) is 54.6 Å². The lowest BCUT2D eigenvalue weighted by Gasteiger charge is -2.11. The Hall–Kier alpha value is -3.34. The Morgan fingerprint density at radius 1 is 0.720 bits per heavy atom. The van der Waals surface area contributed by atoms with Crippen LogP contribution in [0.2, 0.25) is 0 Å². The minimum atomic E-state index is -0.911. The lowest BCUT2D eigenvalue weighted by Crippen LogP contribution is -2.00. The third-order valence-corrected chi connectivity index (χ3v) is 3.82. The molecule has 0 radical (unpaired) electrons. The number of halogens is 2. The van der Waals surface area contributed by atoms with E-state index in [-0.39, 0.29) is 0 Å². The Labute approximate surface area is 143 Å². The molecule has 0 aliphatic heterocycles. The van der Waals surface area contributed by atoms with E-state index in [9.17, 15) is 8.78 Å².